The summed E-state index contributed by atoms with van der Waals surface area (Å²) in [5.74, 6) is -0.415. The molecular formula is C26H31NO4. The minimum atomic E-state index is -0.635. The summed E-state index contributed by atoms with van der Waals surface area (Å²) in [6.45, 7) is 8.47. The number of aryl methyl sites for hydroxylation is 1. The number of aliphatic hydroxyl groups is 1. The summed E-state index contributed by atoms with van der Waals surface area (Å²) in [6.07, 6.45) is 1.69. The van der Waals surface area contributed by atoms with Crippen molar-refractivity contribution in [1.29, 1.82) is 0 Å². The molecule has 1 heterocycles. The maximum Gasteiger partial charge on any atom is 0.295 e. The third-order valence-corrected chi connectivity index (χ3v) is 5.86. The van der Waals surface area contributed by atoms with Crippen molar-refractivity contribution in [3.63, 3.8) is 0 Å². The molecule has 0 radical (unpaired) electrons. The van der Waals surface area contributed by atoms with Crippen LogP contribution in [0.2, 0.25) is 0 Å². The van der Waals surface area contributed by atoms with Gasteiger partial charge >= 0.3 is 0 Å². The van der Waals surface area contributed by atoms with Crippen molar-refractivity contribution in [3.05, 3.63) is 70.3 Å². The molecule has 0 aliphatic carbocycles. The van der Waals surface area contributed by atoms with Crippen molar-refractivity contribution in [2.24, 2.45) is 0 Å². The van der Waals surface area contributed by atoms with E-state index in [0.717, 1.165) is 35.3 Å². The number of benzene rings is 2. The predicted molar refractivity (Wildman–Crippen MR) is 122 cm³/mol. The van der Waals surface area contributed by atoms with Gasteiger partial charge in [0.25, 0.3) is 11.7 Å². The maximum atomic E-state index is 13.1. The second kappa shape index (κ2) is 9.38. The molecule has 1 fully saturated rings. The van der Waals surface area contributed by atoms with E-state index in [4.69, 9.17) is 4.74 Å². The van der Waals surface area contributed by atoms with Gasteiger partial charge in [-0.1, -0.05) is 57.5 Å². The molecule has 1 aliphatic rings. The highest BCUT2D eigenvalue weighted by Crippen LogP contribution is 2.41. The summed E-state index contributed by atoms with van der Waals surface area (Å²) < 4.78 is 5.51. The molecule has 1 atom stereocenters. The molecular weight excluding hydrogens is 390 g/mol. The SMILES string of the molecule is CCCCN1C(=O)C(=O)/C(=C(/O)c2cc(C(C)C)c(OC)cc2C)C1c1ccccc1. The number of likely N-dealkylation sites (tertiary alicyclic amines) is 1. The topological polar surface area (TPSA) is 66.8 Å². The molecule has 164 valence electrons. The van der Waals surface area contributed by atoms with Gasteiger partial charge in [-0.25, -0.2) is 0 Å². The Morgan fingerprint density at radius 3 is 2.42 bits per heavy atom. The fraction of sp³-hybridized carbons (Fsp3) is 0.385. The summed E-state index contributed by atoms with van der Waals surface area (Å²) >= 11 is 0. The number of Topliss-reactive ketones (excluding diaryl/α,β-unsaturated/α-hetero) is 1. The number of hydrogen-bond donors (Lipinski definition) is 1. The van der Waals surface area contributed by atoms with Crippen LogP contribution in [0.15, 0.2) is 48.0 Å². The third kappa shape index (κ3) is 4.22. The average Bonchev–Trinajstić information content (AvgIpc) is 3.02. The number of nitrogens with zero attached hydrogens (tertiary/aromatic N) is 1. The summed E-state index contributed by atoms with van der Waals surface area (Å²) in [6, 6.07) is 12.6. The summed E-state index contributed by atoms with van der Waals surface area (Å²) in [5.41, 5.74) is 3.24. The first-order chi connectivity index (χ1) is 14.8. The Bertz CT molecular complexity index is 1010. The zero-order chi connectivity index (χ0) is 22.7. The van der Waals surface area contributed by atoms with Crippen molar-refractivity contribution in [1.82, 2.24) is 4.90 Å². The number of unbranched alkanes of at least 4 members (excludes halogenated alkanes) is 1. The molecule has 1 saturated heterocycles. The van der Waals surface area contributed by atoms with E-state index in [9.17, 15) is 14.7 Å². The number of carbonyl (C=O) groups is 2. The van der Waals surface area contributed by atoms with Crippen LogP contribution in [0.3, 0.4) is 0 Å². The van der Waals surface area contributed by atoms with Crippen molar-refractivity contribution < 1.29 is 19.4 Å². The van der Waals surface area contributed by atoms with Gasteiger partial charge in [-0.15, -0.1) is 0 Å². The zero-order valence-corrected chi connectivity index (χ0v) is 18.9. The van der Waals surface area contributed by atoms with Gasteiger partial charge in [-0.2, -0.15) is 0 Å². The van der Waals surface area contributed by atoms with Gasteiger partial charge in [0.15, 0.2) is 0 Å². The van der Waals surface area contributed by atoms with Gasteiger partial charge in [-0.3, -0.25) is 9.59 Å². The summed E-state index contributed by atoms with van der Waals surface area (Å²) in [4.78, 5) is 27.6. The van der Waals surface area contributed by atoms with E-state index in [-0.39, 0.29) is 17.3 Å². The first kappa shape index (κ1) is 22.6. The van der Waals surface area contributed by atoms with Crippen molar-refractivity contribution >= 4 is 17.4 Å². The van der Waals surface area contributed by atoms with Crippen LogP contribution in [-0.2, 0) is 9.59 Å². The van der Waals surface area contributed by atoms with Gasteiger partial charge < -0.3 is 14.7 Å². The van der Waals surface area contributed by atoms with Crippen LogP contribution in [0.1, 0.15) is 67.8 Å². The third-order valence-electron chi connectivity index (χ3n) is 5.86. The Kier molecular flexibility index (Phi) is 6.84. The number of ether oxygens (including phenoxy) is 1. The van der Waals surface area contributed by atoms with Crippen LogP contribution in [0.5, 0.6) is 5.75 Å². The molecule has 0 saturated carbocycles. The van der Waals surface area contributed by atoms with E-state index in [1.165, 1.54) is 0 Å². The monoisotopic (exact) mass is 421 g/mol. The molecule has 1 aliphatic heterocycles. The summed E-state index contributed by atoms with van der Waals surface area (Å²) in [7, 11) is 1.62. The van der Waals surface area contributed by atoms with E-state index in [0.29, 0.717) is 12.1 Å². The van der Waals surface area contributed by atoms with Gasteiger partial charge in [0.05, 0.1) is 18.7 Å². The van der Waals surface area contributed by atoms with E-state index in [2.05, 4.69) is 0 Å². The standard InChI is InChI=1S/C26H31NO4/c1-6-7-13-27-23(18-11-9-8-10-12-18)22(25(29)26(27)30)24(28)20-15-19(16(2)3)21(31-5)14-17(20)4/h8-12,14-16,23,28H,6-7,13H2,1-5H3/b24-22+. The van der Waals surface area contributed by atoms with Crippen LogP contribution >= 0.6 is 0 Å². The number of methoxy groups -OCH3 is 1. The quantitative estimate of drug-likeness (QED) is 0.372. The number of rotatable bonds is 7. The molecule has 1 N–H and O–H groups in total. The molecule has 1 amide bonds. The Labute approximate surface area is 184 Å². The largest absolute Gasteiger partial charge is 0.507 e. The highest BCUT2D eigenvalue weighted by molar-refractivity contribution is 6.46. The normalized spacial score (nSPS) is 18.1. The molecule has 3 rings (SSSR count). The number of carbonyl (C=O) groups excluding carboxylic acids is 2. The minimum absolute atomic E-state index is 0.131. The van der Waals surface area contributed by atoms with Crippen molar-refractivity contribution in [2.75, 3.05) is 13.7 Å². The molecule has 0 aromatic heterocycles. The lowest BCUT2D eigenvalue weighted by molar-refractivity contribution is -0.139. The number of hydrogen-bond acceptors (Lipinski definition) is 4. The van der Waals surface area contributed by atoms with Gasteiger partial charge in [-0.05, 0) is 48.1 Å². The molecule has 0 spiro atoms. The Morgan fingerprint density at radius 2 is 1.84 bits per heavy atom. The number of ketones is 1. The molecule has 5 nitrogen and oxygen atoms in total. The van der Waals surface area contributed by atoms with Gasteiger partial charge in [0.1, 0.15) is 11.5 Å². The zero-order valence-electron chi connectivity index (χ0n) is 18.9. The predicted octanol–water partition coefficient (Wildman–Crippen LogP) is 5.35. The molecule has 0 bridgehead atoms. The highest BCUT2D eigenvalue weighted by Gasteiger charge is 2.45. The van der Waals surface area contributed by atoms with Crippen molar-refractivity contribution in [2.45, 2.75) is 52.5 Å². The van der Waals surface area contributed by atoms with Gasteiger partial charge in [0, 0.05) is 12.1 Å². The van der Waals surface area contributed by atoms with Crippen molar-refractivity contribution in [3.8, 4) is 5.75 Å². The first-order valence-corrected chi connectivity index (χ1v) is 10.8. The molecule has 1 unspecified atom stereocenters. The van der Waals surface area contributed by atoms with E-state index in [1.54, 1.807) is 12.0 Å². The van der Waals surface area contributed by atoms with E-state index >= 15 is 0 Å². The number of amides is 1. The van der Waals surface area contributed by atoms with Gasteiger partial charge in [0.2, 0.25) is 0 Å². The lowest BCUT2D eigenvalue weighted by Gasteiger charge is -2.25. The Hall–Kier alpha value is -3.08. The summed E-state index contributed by atoms with van der Waals surface area (Å²) in [5, 5.41) is 11.4. The van der Waals surface area contributed by atoms with Crippen LogP contribution in [0.4, 0.5) is 0 Å². The Morgan fingerprint density at radius 1 is 1.16 bits per heavy atom. The van der Waals surface area contributed by atoms with Crippen LogP contribution in [0, 0.1) is 6.92 Å². The highest BCUT2D eigenvalue weighted by atomic mass is 16.5. The second-order valence-corrected chi connectivity index (χ2v) is 8.32. The molecule has 2 aromatic carbocycles. The Balaban J connectivity index is 2.23. The maximum absolute atomic E-state index is 13.1. The second-order valence-electron chi connectivity index (χ2n) is 8.32. The lowest BCUT2D eigenvalue weighted by Crippen LogP contribution is -2.30. The fourth-order valence-electron chi connectivity index (χ4n) is 4.15. The lowest BCUT2D eigenvalue weighted by atomic mass is 9.91. The van der Waals surface area contributed by atoms with Crippen LogP contribution in [-0.4, -0.2) is 35.4 Å². The first-order valence-electron chi connectivity index (χ1n) is 10.8. The molecule has 5 heteroatoms. The van der Waals surface area contributed by atoms with E-state index in [1.807, 2.05) is 70.2 Å². The number of aliphatic hydroxyl groups excluding tert-OH is 1. The van der Waals surface area contributed by atoms with Crippen LogP contribution in [0.25, 0.3) is 5.76 Å². The van der Waals surface area contributed by atoms with Crippen LogP contribution < -0.4 is 4.74 Å². The molecule has 2 aromatic rings. The minimum Gasteiger partial charge on any atom is -0.507 e. The fourth-order valence-corrected chi connectivity index (χ4v) is 4.15. The molecule has 31 heavy (non-hydrogen) atoms. The van der Waals surface area contributed by atoms with E-state index < -0.39 is 17.7 Å². The smallest absolute Gasteiger partial charge is 0.295 e. The average molecular weight is 422 g/mol.